The molecule has 6 aromatic rings. The van der Waals surface area contributed by atoms with Crippen molar-refractivity contribution in [2.45, 2.75) is 39.3 Å². The van der Waals surface area contributed by atoms with Gasteiger partial charge in [0.15, 0.2) is 0 Å². The molecule has 0 spiro atoms. The standard InChI is InChI=1S/C40H36ClN3O4S/c1-4-5-14-36-42-37-34(43(36)24-26-15-19-28(20-16-26)30-10-6-8-12-32(30)39(45)47-2)23-35(41)44(38(37)49)25-27-17-21-29(22-18-27)31-11-7-9-13-33(31)40(46)48-3/h6-13,15-23H,4-5,14,24-25H2,1-3H3. The molecule has 0 bridgehead atoms. The maximum absolute atomic E-state index is 12.4. The minimum Gasteiger partial charge on any atom is -0.465 e. The van der Waals surface area contributed by atoms with E-state index in [2.05, 4.69) is 23.6 Å². The van der Waals surface area contributed by atoms with Gasteiger partial charge in [0.1, 0.15) is 21.1 Å². The molecule has 0 atom stereocenters. The van der Waals surface area contributed by atoms with Gasteiger partial charge >= 0.3 is 11.9 Å². The van der Waals surface area contributed by atoms with Gasteiger partial charge in [0.2, 0.25) is 0 Å². The van der Waals surface area contributed by atoms with Crippen LogP contribution < -0.4 is 0 Å². The number of hydrogen-bond donors (Lipinski definition) is 0. The van der Waals surface area contributed by atoms with Crippen LogP contribution in [0.1, 0.15) is 57.4 Å². The van der Waals surface area contributed by atoms with Gasteiger partial charge in [-0.15, -0.1) is 0 Å². The number of aromatic nitrogens is 3. The summed E-state index contributed by atoms with van der Waals surface area (Å²) in [4.78, 5) is 29.7. The van der Waals surface area contributed by atoms with Gasteiger partial charge in [0, 0.05) is 19.5 Å². The molecule has 0 N–H and O–H groups in total. The van der Waals surface area contributed by atoms with Crippen molar-refractivity contribution in [1.82, 2.24) is 14.1 Å². The smallest absolute Gasteiger partial charge is 0.338 e. The third-order valence-corrected chi connectivity index (χ3v) is 9.40. The van der Waals surface area contributed by atoms with E-state index in [0.29, 0.717) is 34.0 Å². The second-order valence-electron chi connectivity index (χ2n) is 11.8. The van der Waals surface area contributed by atoms with Gasteiger partial charge in [0.05, 0.1) is 30.9 Å². The first-order valence-electron chi connectivity index (χ1n) is 16.1. The third-order valence-electron chi connectivity index (χ3n) is 8.68. The quantitative estimate of drug-likeness (QED) is 0.0766. The van der Waals surface area contributed by atoms with Crippen LogP contribution in [-0.2, 0) is 29.0 Å². The minimum absolute atomic E-state index is 0.364. The Bertz CT molecular complexity index is 2210. The summed E-state index contributed by atoms with van der Waals surface area (Å²) in [7, 11) is 2.78. The van der Waals surface area contributed by atoms with Crippen LogP contribution in [0, 0.1) is 4.64 Å². The molecular formula is C40H36ClN3O4S. The molecule has 0 radical (unpaired) electrons. The summed E-state index contributed by atoms with van der Waals surface area (Å²) in [6, 6.07) is 33.0. The van der Waals surface area contributed by atoms with E-state index in [4.69, 9.17) is 38.3 Å². The average Bonchev–Trinajstić information content (AvgIpc) is 3.48. The van der Waals surface area contributed by atoms with Crippen molar-refractivity contribution in [3.8, 4) is 22.3 Å². The van der Waals surface area contributed by atoms with Gasteiger partial charge in [-0.05, 0) is 58.0 Å². The first-order chi connectivity index (χ1) is 23.8. The number of halogens is 1. The van der Waals surface area contributed by atoms with Gasteiger partial charge in [0.25, 0.3) is 0 Å². The number of benzene rings is 4. The Morgan fingerprint density at radius 3 is 1.71 bits per heavy atom. The van der Waals surface area contributed by atoms with E-state index >= 15 is 0 Å². The molecule has 0 amide bonds. The van der Waals surface area contributed by atoms with Crippen LogP contribution in [0.4, 0.5) is 0 Å². The van der Waals surface area contributed by atoms with Crippen molar-refractivity contribution >= 4 is 46.8 Å². The number of hydrogen-bond acceptors (Lipinski definition) is 6. The number of fused-ring (bicyclic) bond motifs is 1. The molecule has 0 aliphatic heterocycles. The van der Waals surface area contributed by atoms with Gasteiger partial charge < -0.3 is 18.6 Å². The summed E-state index contributed by atoms with van der Waals surface area (Å²) in [5, 5.41) is 0.524. The van der Waals surface area contributed by atoms with E-state index in [9.17, 15) is 9.59 Å². The lowest BCUT2D eigenvalue weighted by Crippen LogP contribution is -2.07. The zero-order valence-electron chi connectivity index (χ0n) is 27.6. The lowest BCUT2D eigenvalue weighted by atomic mass is 9.98. The van der Waals surface area contributed by atoms with Crippen LogP contribution in [0.5, 0.6) is 0 Å². The molecule has 2 aromatic heterocycles. The molecule has 49 heavy (non-hydrogen) atoms. The second kappa shape index (κ2) is 15.0. The molecule has 7 nitrogen and oxygen atoms in total. The number of aryl methyl sites for hydroxylation is 1. The summed E-state index contributed by atoms with van der Waals surface area (Å²) in [5.41, 5.74) is 8.26. The maximum Gasteiger partial charge on any atom is 0.338 e. The van der Waals surface area contributed by atoms with Crippen molar-refractivity contribution < 1.29 is 19.1 Å². The summed E-state index contributed by atoms with van der Waals surface area (Å²) >= 11 is 13.0. The second-order valence-corrected chi connectivity index (χ2v) is 12.6. The highest BCUT2D eigenvalue weighted by Gasteiger charge is 2.18. The molecule has 0 saturated carbocycles. The highest BCUT2D eigenvalue weighted by molar-refractivity contribution is 7.71. The molecule has 0 fully saturated rings. The zero-order chi connectivity index (χ0) is 34.5. The lowest BCUT2D eigenvalue weighted by Gasteiger charge is -2.14. The van der Waals surface area contributed by atoms with Crippen molar-refractivity contribution in [1.29, 1.82) is 0 Å². The number of ether oxygens (including phenoxy) is 2. The largest absolute Gasteiger partial charge is 0.465 e. The van der Waals surface area contributed by atoms with E-state index < -0.39 is 0 Å². The van der Waals surface area contributed by atoms with Crippen LogP contribution in [0.15, 0.2) is 103 Å². The first-order valence-corrected chi connectivity index (χ1v) is 16.9. The number of nitrogens with zero attached hydrogens (tertiary/aromatic N) is 3. The van der Waals surface area contributed by atoms with Crippen LogP contribution in [0.25, 0.3) is 33.3 Å². The fourth-order valence-corrected chi connectivity index (χ4v) is 6.68. The van der Waals surface area contributed by atoms with E-state index in [1.165, 1.54) is 14.2 Å². The number of pyridine rings is 1. The normalized spacial score (nSPS) is 11.1. The number of unbranched alkanes of at least 4 members (excludes halogenated alkanes) is 1. The zero-order valence-corrected chi connectivity index (χ0v) is 29.2. The Kier molecular flexibility index (Phi) is 10.4. The number of methoxy groups -OCH3 is 2. The Labute approximate surface area is 295 Å². The van der Waals surface area contributed by atoms with Crippen LogP contribution in [0.3, 0.4) is 0 Å². The molecule has 2 heterocycles. The molecule has 248 valence electrons. The van der Waals surface area contributed by atoms with Gasteiger partial charge in [-0.25, -0.2) is 14.6 Å². The minimum atomic E-state index is -0.373. The molecule has 0 unspecified atom stereocenters. The molecule has 0 aliphatic rings. The maximum atomic E-state index is 12.4. The van der Waals surface area contributed by atoms with Crippen molar-refractivity contribution in [3.63, 3.8) is 0 Å². The lowest BCUT2D eigenvalue weighted by molar-refractivity contribution is 0.0592. The summed E-state index contributed by atoms with van der Waals surface area (Å²) in [5.74, 6) is 0.227. The Morgan fingerprint density at radius 1 is 0.735 bits per heavy atom. The predicted octanol–water partition coefficient (Wildman–Crippen LogP) is 9.57. The number of imidazole rings is 1. The fourth-order valence-electron chi connectivity index (χ4n) is 6.07. The number of carbonyl (C=O) groups is 2. The fraction of sp³-hybridized carbons (Fsp3) is 0.200. The van der Waals surface area contributed by atoms with Crippen molar-refractivity contribution in [2.24, 2.45) is 0 Å². The monoisotopic (exact) mass is 689 g/mol. The third kappa shape index (κ3) is 7.07. The van der Waals surface area contributed by atoms with Gasteiger partial charge in [-0.2, -0.15) is 0 Å². The SMILES string of the molecule is CCCCc1nc2c(=S)n(Cc3ccc(-c4ccccc4C(=O)OC)cc3)c(Cl)cc2n1Cc1ccc(-c2ccccc2C(=O)OC)cc1. The summed E-state index contributed by atoms with van der Waals surface area (Å²) in [6.45, 7) is 3.23. The molecule has 6 rings (SSSR count). The summed E-state index contributed by atoms with van der Waals surface area (Å²) in [6.07, 6.45) is 2.86. The van der Waals surface area contributed by atoms with Crippen molar-refractivity contribution in [3.05, 3.63) is 141 Å². The molecule has 0 saturated heterocycles. The molecule has 4 aromatic carbocycles. The van der Waals surface area contributed by atoms with Crippen LogP contribution >= 0.6 is 23.8 Å². The predicted molar refractivity (Wildman–Crippen MR) is 197 cm³/mol. The topological polar surface area (TPSA) is 75.4 Å². The Hall–Kier alpha value is -5.05. The number of carbonyl (C=O) groups excluding carboxylic acids is 2. The number of rotatable bonds is 11. The van der Waals surface area contributed by atoms with Gasteiger partial charge in [-0.3, -0.25) is 0 Å². The first kappa shape index (κ1) is 33.8. The Morgan fingerprint density at radius 2 is 1.22 bits per heavy atom. The molecular weight excluding hydrogens is 654 g/mol. The van der Waals surface area contributed by atoms with Crippen LogP contribution in [-0.4, -0.2) is 40.3 Å². The van der Waals surface area contributed by atoms with Crippen LogP contribution in [0.2, 0.25) is 5.15 Å². The average molecular weight is 690 g/mol. The molecule has 9 heteroatoms. The van der Waals surface area contributed by atoms with Gasteiger partial charge in [-0.1, -0.05) is 122 Å². The summed E-state index contributed by atoms with van der Waals surface area (Å²) < 4.78 is 14.7. The van der Waals surface area contributed by atoms with E-state index in [0.717, 1.165) is 69.5 Å². The highest BCUT2D eigenvalue weighted by atomic mass is 35.5. The van der Waals surface area contributed by atoms with E-state index in [-0.39, 0.29) is 11.9 Å². The van der Waals surface area contributed by atoms with E-state index in [1.807, 2.05) is 83.4 Å². The molecule has 0 aliphatic carbocycles. The van der Waals surface area contributed by atoms with Crippen molar-refractivity contribution in [2.75, 3.05) is 14.2 Å². The highest BCUT2D eigenvalue weighted by Crippen LogP contribution is 2.29. The number of esters is 2. The Balaban J connectivity index is 1.30. The van der Waals surface area contributed by atoms with E-state index in [1.54, 1.807) is 12.1 Å².